The van der Waals surface area contributed by atoms with Crippen LogP contribution in [0.5, 0.6) is 11.5 Å². The van der Waals surface area contributed by atoms with Gasteiger partial charge in [-0.3, -0.25) is 4.79 Å². The fraction of sp³-hybridized carbons (Fsp3) is 0.292. The zero-order valence-corrected chi connectivity index (χ0v) is 16.7. The van der Waals surface area contributed by atoms with Gasteiger partial charge in [-0.05, 0) is 61.4 Å². The first kappa shape index (κ1) is 19.7. The molecule has 146 valence electrons. The van der Waals surface area contributed by atoms with Gasteiger partial charge in [0.1, 0.15) is 18.1 Å². The van der Waals surface area contributed by atoms with Gasteiger partial charge >= 0.3 is 0 Å². The second-order valence-electron chi connectivity index (χ2n) is 6.84. The van der Waals surface area contributed by atoms with Crippen LogP contribution in [0.3, 0.4) is 0 Å². The molecule has 0 aliphatic heterocycles. The molecule has 0 aliphatic rings. The van der Waals surface area contributed by atoms with Gasteiger partial charge in [-0.15, -0.1) is 0 Å². The molecule has 1 atom stereocenters. The first-order valence-electron chi connectivity index (χ1n) is 9.79. The van der Waals surface area contributed by atoms with Crippen molar-refractivity contribution >= 4 is 16.7 Å². The fourth-order valence-corrected chi connectivity index (χ4v) is 2.96. The Labute approximate surface area is 166 Å². The Hall–Kier alpha value is -3.01. The number of fused-ring (bicyclic) bond motifs is 1. The van der Waals surface area contributed by atoms with E-state index in [0.29, 0.717) is 18.8 Å². The average molecular weight is 377 g/mol. The third-order valence-corrected chi connectivity index (χ3v) is 4.73. The van der Waals surface area contributed by atoms with Crippen LogP contribution in [0.15, 0.2) is 60.7 Å². The van der Waals surface area contributed by atoms with Gasteiger partial charge in [0.25, 0.3) is 5.91 Å². The number of carbonyl (C=O) groups is 1. The van der Waals surface area contributed by atoms with Crippen molar-refractivity contribution < 1.29 is 14.3 Å². The van der Waals surface area contributed by atoms with Crippen molar-refractivity contribution in [1.82, 2.24) is 5.32 Å². The largest absolute Gasteiger partial charge is 0.493 e. The molecule has 0 saturated carbocycles. The smallest absolute Gasteiger partial charge is 0.251 e. The molecule has 1 amide bonds. The van der Waals surface area contributed by atoms with Crippen LogP contribution >= 0.6 is 0 Å². The number of benzene rings is 3. The molecule has 4 nitrogen and oxygen atoms in total. The van der Waals surface area contributed by atoms with E-state index in [1.54, 1.807) is 6.07 Å². The van der Waals surface area contributed by atoms with Gasteiger partial charge < -0.3 is 14.8 Å². The maximum atomic E-state index is 12.5. The van der Waals surface area contributed by atoms with Crippen LogP contribution in [0, 0.1) is 0 Å². The Morgan fingerprint density at radius 2 is 1.75 bits per heavy atom. The SMILES string of the molecule is CCOc1ccc(C(=O)NC(C)CC)cc1COc1ccc2ccccc2c1. The quantitative estimate of drug-likeness (QED) is 0.576. The summed E-state index contributed by atoms with van der Waals surface area (Å²) in [5, 5.41) is 5.30. The number of nitrogens with one attached hydrogen (secondary N) is 1. The molecule has 28 heavy (non-hydrogen) atoms. The van der Waals surface area contributed by atoms with E-state index in [1.165, 1.54) is 5.39 Å². The molecule has 0 heterocycles. The third-order valence-electron chi connectivity index (χ3n) is 4.73. The zero-order valence-electron chi connectivity index (χ0n) is 16.7. The summed E-state index contributed by atoms with van der Waals surface area (Å²) in [5.74, 6) is 1.45. The molecule has 0 aromatic heterocycles. The van der Waals surface area contributed by atoms with E-state index in [4.69, 9.17) is 9.47 Å². The summed E-state index contributed by atoms with van der Waals surface area (Å²) in [6.45, 7) is 6.87. The topological polar surface area (TPSA) is 47.6 Å². The van der Waals surface area contributed by atoms with Crippen molar-refractivity contribution in [2.75, 3.05) is 6.61 Å². The van der Waals surface area contributed by atoms with E-state index >= 15 is 0 Å². The van der Waals surface area contributed by atoms with Crippen LogP contribution in [0.25, 0.3) is 10.8 Å². The van der Waals surface area contributed by atoms with Crippen molar-refractivity contribution in [2.24, 2.45) is 0 Å². The van der Waals surface area contributed by atoms with E-state index < -0.39 is 0 Å². The summed E-state index contributed by atoms with van der Waals surface area (Å²) < 4.78 is 11.7. The van der Waals surface area contributed by atoms with Crippen molar-refractivity contribution in [3.05, 3.63) is 71.8 Å². The minimum absolute atomic E-state index is 0.0793. The maximum Gasteiger partial charge on any atom is 0.251 e. The molecule has 4 heteroatoms. The molecule has 3 aromatic carbocycles. The van der Waals surface area contributed by atoms with Gasteiger partial charge in [-0.1, -0.05) is 37.3 Å². The summed E-state index contributed by atoms with van der Waals surface area (Å²) in [6, 6.07) is 19.8. The lowest BCUT2D eigenvalue weighted by Crippen LogP contribution is -2.32. The van der Waals surface area contributed by atoms with Crippen LogP contribution in [-0.2, 0) is 6.61 Å². The summed E-state index contributed by atoms with van der Waals surface area (Å²) in [6.07, 6.45) is 0.890. The molecule has 1 N–H and O–H groups in total. The first-order valence-corrected chi connectivity index (χ1v) is 9.79. The van der Waals surface area contributed by atoms with Crippen molar-refractivity contribution in [3.63, 3.8) is 0 Å². The fourth-order valence-electron chi connectivity index (χ4n) is 2.96. The molecule has 1 unspecified atom stereocenters. The van der Waals surface area contributed by atoms with Crippen molar-refractivity contribution in [1.29, 1.82) is 0 Å². The zero-order chi connectivity index (χ0) is 19.9. The number of carbonyl (C=O) groups excluding carboxylic acids is 1. The van der Waals surface area contributed by atoms with Crippen LogP contribution in [-0.4, -0.2) is 18.6 Å². The summed E-state index contributed by atoms with van der Waals surface area (Å²) >= 11 is 0. The molecule has 3 aromatic rings. The Morgan fingerprint density at radius 1 is 0.964 bits per heavy atom. The average Bonchev–Trinajstić information content (AvgIpc) is 2.72. The van der Waals surface area contributed by atoms with Gasteiger partial charge in [0.2, 0.25) is 0 Å². The minimum atomic E-state index is -0.0793. The lowest BCUT2D eigenvalue weighted by molar-refractivity contribution is 0.0939. The van der Waals surface area contributed by atoms with Crippen LogP contribution in [0.2, 0.25) is 0 Å². The summed E-state index contributed by atoms with van der Waals surface area (Å²) in [5.41, 5.74) is 1.47. The number of ether oxygens (including phenoxy) is 2. The minimum Gasteiger partial charge on any atom is -0.493 e. The van der Waals surface area contributed by atoms with Crippen LogP contribution < -0.4 is 14.8 Å². The maximum absolute atomic E-state index is 12.5. The van der Waals surface area contributed by atoms with Crippen LogP contribution in [0.1, 0.15) is 43.1 Å². The number of hydrogen-bond acceptors (Lipinski definition) is 3. The molecule has 0 aliphatic carbocycles. The van der Waals surface area contributed by atoms with Gasteiger partial charge in [0.15, 0.2) is 0 Å². The van der Waals surface area contributed by atoms with E-state index in [1.807, 2.05) is 63.2 Å². The van der Waals surface area contributed by atoms with Crippen LogP contribution in [0.4, 0.5) is 0 Å². The molecule has 0 spiro atoms. The molecule has 0 saturated heterocycles. The lowest BCUT2D eigenvalue weighted by atomic mass is 10.1. The highest BCUT2D eigenvalue weighted by Gasteiger charge is 2.13. The first-order chi connectivity index (χ1) is 13.6. The predicted molar refractivity (Wildman–Crippen MR) is 113 cm³/mol. The van der Waals surface area contributed by atoms with E-state index in [2.05, 4.69) is 17.4 Å². The van der Waals surface area contributed by atoms with Crippen molar-refractivity contribution in [2.45, 2.75) is 39.8 Å². The third kappa shape index (κ3) is 4.83. The van der Waals surface area contributed by atoms with E-state index in [-0.39, 0.29) is 11.9 Å². The second kappa shape index (κ2) is 9.27. The van der Waals surface area contributed by atoms with Gasteiger partial charge in [-0.25, -0.2) is 0 Å². The summed E-state index contributed by atoms with van der Waals surface area (Å²) in [4.78, 5) is 12.5. The predicted octanol–water partition coefficient (Wildman–Crippen LogP) is 5.35. The molecule has 0 fully saturated rings. The standard InChI is InChI=1S/C24H27NO3/c1-4-17(3)25-24(26)20-11-13-23(27-5-2)21(14-20)16-28-22-12-10-18-8-6-7-9-19(18)15-22/h6-15,17H,4-5,16H2,1-3H3,(H,25,26). The monoisotopic (exact) mass is 377 g/mol. The Kier molecular flexibility index (Phi) is 6.53. The van der Waals surface area contributed by atoms with Gasteiger partial charge in [0, 0.05) is 17.2 Å². The van der Waals surface area contributed by atoms with Gasteiger partial charge in [-0.2, -0.15) is 0 Å². The summed E-state index contributed by atoms with van der Waals surface area (Å²) in [7, 11) is 0. The number of hydrogen-bond donors (Lipinski definition) is 1. The normalized spacial score (nSPS) is 11.8. The lowest BCUT2D eigenvalue weighted by Gasteiger charge is -2.15. The van der Waals surface area contributed by atoms with E-state index in [0.717, 1.165) is 28.9 Å². The molecule has 0 bridgehead atoms. The second-order valence-corrected chi connectivity index (χ2v) is 6.84. The highest BCUT2D eigenvalue weighted by Crippen LogP contribution is 2.25. The molecule has 3 rings (SSSR count). The Morgan fingerprint density at radius 3 is 2.50 bits per heavy atom. The Balaban J connectivity index is 1.79. The highest BCUT2D eigenvalue weighted by molar-refractivity contribution is 5.94. The van der Waals surface area contributed by atoms with Crippen molar-refractivity contribution in [3.8, 4) is 11.5 Å². The molecular formula is C24H27NO3. The number of amides is 1. The molecule has 0 radical (unpaired) electrons. The highest BCUT2D eigenvalue weighted by atomic mass is 16.5. The Bertz CT molecular complexity index is 951. The number of rotatable bonds is 8. The molecular weight excluding hydrogens is 350 g/mol. The van der Waals surface area contributed by atoms with Gasteiger partial charge in [0.05, 0.1) is 6.61 Å². The van der Waals surface area contributed by atoms with E-state index in [9.17, 15) is 4.79 Å².